The van der Waals surface area contributed by atoms with E-state index in [4.69, 9.17) is 10.2 Å². The molecule has 1 aromatic heterocycles. The molecule has 1 aromatic carbocycles. The third kappa shape index (κ3) is 3.38. The lowest BCUT2D eigenvalue weighted by Gasteiger charge is -2.19. The van der Waals surface area contributed by atoms with Gasteiger partial charge in [0.2, 0.25) is 5.89 Å². The molecule has 2 aromatic rings. The number of hydrogen-bond acceptors (Lipinski definition) is 4. The van der Waals surface area contributed by atoms with Gasteiger partial charge in [-0.2, -0.15) is 0 Å². The molecule has 0 bridgehead atoms. The summed E-state index contributed by atoms with van der Waals surface area (Å²) in [4.78, 5) is 7.04. The van der Waals surface area contributed by atoms with E-state index in [1.165, 1.54) is 19.3 Å². The summed E-state index contributed by atoms with van der Waals surface area (Å²) in [5.74, 6) is 2.45. The Hall–Kier alpha value is -1.55. The van der Waals surface area contributed by atoms with Gasteiger partial charge in [-0.05, 0) is 56.3 Å². The van der Waals surface area contributed by atoms with Crippen LogP contribution in [0, 0.1) is 11.8 Å². The minimum atomic E-state index is 0.722. The molecule has 4 nitrogen and oxygen atoms in total. The largest absolute Gasteiger partial charge is 0.439 e. The highest BCUT2D eigenvalue weighted by Crippen LogP contribution is 2.26. The quantitative estimate of drug-likeness (QED) is 0.875. The van der Waals surface area contributed by atoms with Gasteiger partial charge in [0.25, 0.3) is 0 Å². The molecule has 1 saturated heterocycles. The Balaban J connectivity index is 1.67. The molecule has 21 heavy (non-hydrogen) atoms. The number of aromatic nitrogens is 1. The summed E-state index contributed by atoms with van der Waals surface area (Å²) in [7, 11) is 0. The summed E-state index contributed by atoms with van der Waals surface area (Å²) in [6.07, 6.45) is 3.90. The van der Waals surface area contributed by atoms with Crippen molar-refractivity contribution in [2.75, 3.05) is 18.8 Å². The van der Waals surface area contributed by atoms with Crippen molar-refractivity contribution in [2.24, 2.45) is 11.8 Å². The molecule has 2 N–H and O–H groups in total. The molecule has 0 radical (unpaired) electrons. The zero-order valence-electron chi connectivity index (χ0n) is 13.0. The number of rotatable bonds is 3. The minimum absolute atomic E-state index is 0.722. The van der Waals surface area contributed by atoms with E-state index in [0.717, 1.165) is 54.1 Å². The highest BCUT2D eigenvalue weighted by atomic mass is 16.3. The minimum Gasteiger partial charge on any atom is -0.439 e. The lowest BCUT2D eigenvalue weighted by Crippen LogP contribution is -2.24. The maximum Gasteiger partial charge on any atom is 0.209 e. The molecule has 114 valence electrons. The average Bonchev–Trinajstić information content (AvgIpc) is 2.66. The second-order valence-electron chi connectivity index (χ2n) is 6.55. The number of hydrogen-bond donors (Lipinski definition) is 1. The predicted octanol–water partition coefficient (Wildman–Crippen LogP) is 3.67. The van der Waals surface area contributed by atoms with Gasteiger partial charge >= 0.3 is 0 Å². The second kappa shape index (κ2) is 6.06. The number of nitrogen functional groups attached to an aromatic ring is 1. The van der Waals surface area contributed by atoms with Crippen molar-refractivity contribution >= 4 is 16.8 Å². The van der Waals surface area contributed by atoms with Crippen LogP contribution in [0.5, 0.6) is 0 Å². The van der Waals surface area contributed by atoms with Crippen LogP contribution in [0.25, 0.3) is 11.1 Å². The summed E-state index contributed by atoms with van der Waals surface area (Å²) in [6.45, 7) is 7.77. The Morgan fingerprint density at radius 1 is 1.33 bits per heavy atom. The van der Waals surface area contributed by atoms with Crippen LogP contribution in [0.2, 0.25) is 0 Å². The van der Waals surface area contributed by atoms with Gasteiger partial charge < -0.3 is 10.2 Å². The van der Waals surface area contributed by atoms with E-state index in [9.17, 15) is 0 Å². The van der Waals surface area contributed by atoms with Crippen LogP contribution in [0.15, 0.2) is 22.6 Å². The van der Waals surface area contributed by atoms with Crippen LogP contribution in [-0.4, -0.2) is 23.0 Å². The summed E-state index contributed by atoms with van der Waals surface area (Å²) in [5, 5.41) is 0. The number of nitrogens with two attached hydrogens (primary N) is 1. The molecule has 3 rings (SSSR count). The van der Waals surface area contributed by atoms with Crippen molar-refractivity contribution in [3.8, 4) is 0 Å². The molecule has 0 spiro atoms. The molecule has 1 fully saturated rings. The van der Waals surface area contributed by atoms with Gasteiger partial charge in [0, 0.05) is 11.8 Å². The first-order valence-corrected chi connectivity index (χ1v) is 7.99. The molecule has 4 heteroatoms. The molecule has 1 atom stereocenters. The van der Waals surface area contributed by atoms with Gasteiger partial charge in [-0.1, -0.05) is 13.8 Å². The number of anilines is 1. The zero-order chi connectivity index (χ0) is 14.8. The van der Waals surface area contributed by atoms with Crippen LogP contribution >= 0.6 is 0 Å². The number of benzene rings is 1. The second-order valence-corrected chi connectivity index (χ2v) is 6.55. The van der Waals surface area contributed by atoms with Crippen molar-refractivity contribution in [1.82, 2.24) is 9.88 Å². The molecule has 0 saturated carbocycles. The number of oxazole rings is 1. The molecule has 0 amide bonds. The van der Waals surface area contributed by atoms with Crippen molar-refractivity contribution in [3.05, 3.63) is 24.1 Å². The molecule has 1 aliphatic rings. The van der Waals surface area contributed by atoms with E-state index in [2.05, 4.69) is 23.7 Å². The standard InChI is InChI=1S/C17H25N3O/c1-12(2)13-4-3-8-20(9-7-13)11-17-19-15-6-5-14(18)10-16(15)21-17/h5-6,10,12-13H,3-4,7-9,11,18H2,1-2H3. The summed E-state index contributed by atoms with van der Waals surface area (Å²) in [5.41, 5.74) is 8.19. The summed E-state index contributed by atoms with van der Waals surface area (Å²) >= 11 is 0. The Bertz CT molecular complexity index is 605. The maximum atomic E-state index is 5.83. The molecule has 0 aliphatic carbocycles. The van der Waals surface area contributed by atoms with E-state index in [0.29, 0.717) is 0 Å². The van der Waals surface area contributed by atoms with Gasteiger partial charge in [-0.15, -0.1) is 0 Å². The third-order valence-corrected chi connectivity index (χ3v) is 4.62. The highest BCUT2D eigenvalue weighted by Gasteiger charge is 2.20. The maximum absolute atomic E-state index is 5.83. The van der Waals surface area contributed by atoms with Crippen LogP contribution in [-0.2, 0) is 6.54 Å². The fraction of sp³-hybridized carbons (Fsp3) is 0.588. The van der Waals surface area contributed by atoms with E-state index in [1.807, 2.05) is 18.2 Å². The topological polar surface area (TPSA) is 55.3 Å². The van der Waals surface area contributed by atoms with E-state index in [1.54, 1.807) is 0 Å². The predicted molar refractivity (Wildman–Crippen MR) is 85.9 cm³/mol. The summed E-state index contributed by atoms with van der Waals surface area (Å²) in [6, 6.07) is 5.64. The van der Waals surface area contributed by atoms with Gasteiger partial charge in [0.05, 0.1) is 6.54 Å². The van der Waals surface area contributed by atoms with Gasteiger partial charge in [-0.3, -0.25) is 4.90 Å². The monoisotopic (exact) mass is 287 g/mol. The van der Waals surface area contributed by atoms with E-state index >= 15 is 0 Å². The molecular formula is C17H25N3O. The first-order valence-electron chi connectivity index (χ1n) is 7.99. The Morgan fingerprint density at radius 2 is 2.19 bits per heavy atom. The number of likely N-dealkylation sites (tertiary alicyclic amines) is 1. The first-order chi connectivity index (χ1) is 10.1. The number of nitrogens with zero attached hydrogens (tertiary/aromatic N) is 2. The highest BCUT2D eigenvalue weighted by molar-refractivity contribution is 5.76. The first kappa shape index (κ1) is 14.4. The molecular weight excluding hydrogens is 262 g/mol. The third-order valence-electron chi connectivity index (χ3n) is 4.62. The van der Waals surface area contributed by atoms with Crippen LogP contribution in [0.4, 0.5) is 5.69 Å². The molecule has 1 aliphatic heterocycles. The fourth-order valence-corrected chi connectivity index (χ4v) is 3.25. The fourth-order valence-electron chi connectivity index (χ4n) is 3.25. The Kier molecular flexibility index (Phi) is 4.15. The number of fused-ring (bicyclic) bond motifs is 1. The smallest absolute Gasteiger partial charge is 0.209 e. The van der Waals surface area contributed by atoms with Gasteiger partial charge in [-0.25, -0.2) is 4.98 Å². The lowest BCUT2D eigenvalue weighted by molar-refractivity contribution is 0.242. The summed E-state index contributed by atoms with van der Waals surface area (Å²) < 4.78 is 5.83. The van der Waals surface area contributed by atoms with Crippen molar-refractivity contribution in [2.45, 2.75) is 39.7 Å². The van der Waals surface area contributed by atoms with Crippen LogP contribution in [0.3, 0.4) is 0 Å². The van der Waals surface area contributed by atoms with Gasteiger partial charge in [0.15, 0.2) is 5.58 Å². The van der Waals surface area contributed by atoms with Gasteiger partial charge in [0.1, 0.15) is 5.52 Å². The van der Waals surface area contributed by atoms with E-state index < -0.39 is 0 Å². The Labute approximate surface area is 126 Å². The van der Waals surface area contributed by atoms with Crippen molar-refractivity contribution < 1.29 is 4.42 Å². The zero-order valence-corrected chi connectivity index (χ0v) is 13.0. The normalized spacial score (nSPS) is 21.0. The van der Waals surface area contributed by atoms with Crippen LogP contribution in [0.1, 0.15) is 39.0 Å². The molecule has 2 heterocycles. The SMILES string of the molecule is CC(C)C1CCCN(Cc2nc3ccc(N)cc3o2)CC1. The molecule has 1 unspecified atom stereocenters. The Morgan fingerprint density at radius 3 is 3.00 bits per heavy atom. The van der Waals surface area contributed by atoms with Crippen molar-refractivity contribution in [3.63, 3.8) is 0 Å². The van der Waals surface area contributed by atoms with Crippen LogP contribution < -0.4 is 5.73 Å². The van der Waals surface area contributed by atoms with E-state index in [-0.39, 0.29) is 0 Å². The van der Waals surface area contributed by atoms with Crippen molar-refractivity contribution in [1.29, 1.82) is 0 Å². The lowest BCUT2D eigenvalue weighted by atomic mass is 9.89. The average molecular weight is 287 g/mol.